The summed E-state index contributed by atoms with van der Waals surface area (Å²) in [6, 6.07) is 7.83. The van der Waals surface area contributed by atoms with Crippen LogP contribution in [0.5, 0.6) is 0 Å². The highest BCUT2D eigenvalue weighted by molar-refractivity contribution is 6.30. The monoisotopic (exact) mass is 373 g/mol. The summed E-state index contributed by atoms with van der Waals surface area (Å²) >= 11 is 6.06. The highest BCUT2D eigenvalue weighted by atomic mass is 35.5. The first-order chi connectivity index (χ1) is 12.6. The molecule has 0 bridgehead atoms. The van der Waals surface area contributed by atoms with Crippen LogP contribution in [0.1, 0.15) is 61.7 Å². The van der Waals surface area contributed by atoms with Crippen LogP contribution in [0.3, 0.4) is 0 Å². The van der Waals surface area contributed by atoms with Crippen molar-refractivity contribution in [3.63, 3.8) is 0 Å². The molecule has 5 nitrogen and oxygen atoms in total. The molecule has 1 unspecified atom stereocenters. The van der Waals surface area contributed by atoms with Gasteiger partial charge in [-0.05, 0) is 50.3 Å². The Morgan fingerprint density at radius 3 is 2.62 bits per heavy atom. The largest absolute Gasteiger partial charge is 0.341 e. The van der Waals surface area contributed by atoms with Crippen LogP contribution in [0.4, 0.5) is 0 Å². The van der Waals surface area contributed by atoms with E-state index in [9.17, 15) is 4.79 Å². The average molecular weight is 374 g/mol. The summed E-state index contributed by atoms with van der Waals surface area (Å²) in [4.78, 5) is 20.0. The molecule has 26 heavy (non-hydrogen) atoms. The summed E-state index contributed by atoms with van der Waals surface area (Å²) in [5.41, 5.74) is 0.692. The first-order valence-corrected chi connectivity index (χ1v) is 9.82. The van der Waals surface area contributed by atoms with Crippen molar-refractivity contribution in [2.75, 3.05) is 13.1 Å². The second kappa shape index (κ2) is 7.03. The molecule has 0 radical (unpaired) electrons. The summed E-state index contributed by atoms with van der Waals surface area (Å²) in [6.07, 6.45) is 5.96. The zero-order valence-electron chi connectivity index (χ0n) is 15.1. The summed E-state index contributed by atoms with van der Waals surface area (Å²) in [5.74, 6) is 1.69. The second-order valence-corrected chi connectivity index (χ2v) is 8.00. The highest BCUT2D eigenvalue weighted by Crippen LogP contribution is 2.44. The number of amides is 1. The predicted molar refractivity (Wildman–Crippen MR) is 99.2 cm³/mol. The zero-order chi connectivity index (χ0) is 18.1. The third-order valence-corrected chi connectivity index (χ3v) is 6.12. The Bertz CT molecular complexity index is 781. The van der Waals surface area contributed by atoms with Crippen LogP contribution in [0.25, 0.3) is 0 Å². The molecule has 2 aliphatic rings. The molecule has 0 N–H and O–H groups in total. The SMILES string of the molecule is Cc1noc(C2CCCN(C(=O)C3(c4ccc(Cl)cc4)CCCC3)C2)n1. The number of likely N-dealkylation sites (tertiary alicyclic amines) is 1. The molecule has 138 valence electrons. The van der Waals surface area contributed by atoms with E-state index in [1.807, 2.05) is 36.1 Å². The Kier molecular flexibility index (Phi) is 4.74. The van der Waals surface area contributed by atoms with Crippen LogP contribution >= 0.6 is 11.6 Å². The number of carbonyl (C=O) groups is 1. The van der Waals surface area contributed by atoms with Gasteiger partial charge in [-0.25, -0.2) is 0 Å². The van der Waals surface area contributed by atoms with Gasteiger partial charge >= 0.3 is 0 Å². The molecular formula is C20H24ClN3O2. The number of rotatable bonds is 3. The minimum absolute atomic E-state index is 0.137. The Labute approximate surface area is 158 Å². The van der Waals surface area contributed by atoms with Crippen LogP contribution in [0.2, 0.25) is 5.02 Å². The van der Waals surface area contributed by atoms with E-state index in [1.54, 1.807) is 0 Å². The van der Waals surface area contributed by atoms with Crippen molar-refractivity contribution in [2.45, 2.75) is 56.8 Å². The molecule has 4 rings (SSSR count). The van der Waals surface area contributed by atoms with Gasteiger partial charge in [0.15, 0.2) is 5.82 Å². The summed E-state index contributed by atoms with van der Waals surface area (Å²) in [6.45, 7) is 3.29. The van der Waals surface area contributed by atoms with E-state index in [4.69, 9.17) is 16.1 Å². The van der Waals surface area contributed by atoms with Crippen molar-refractivity contribution in [1.29, 1.82) is 0 Å². The van der Waals surface area contributed by atoms with Crippen molar-refractivity contribution < 1.29 is 9.32 Å². The first kappa shape index (κ1) is 17.5. The third-order valence-electron chi connectivity index (χ3n) is 5.86. The smallest absolute Gasteiger partial charge is 0.233 e. The van der Waals surface area contributed by atoms with Gasteiger partial charge in [-0.1, -0.05) is 41.7 Å². The summed E-state index contributed by atoms with van der Waals surface area (Å²) in [5, 5.41) is 4.61. The van der Waals surface area contributed by atoms with Crippen LogP contribution in [0.15, 0.2) is 28.8 Å². The minimum atomic E-state index is -0.406. The fourth-order valence-electron chi connectivity index (χ4n) is 4.52. The minimum Gasteiger partial charge on any atom is -0.341 e. The Morgan fingerprint density at radius 1 is 1.23 bits per heavy atom. The molecule has 1 aromatic heterocycles. The van der Waals surface area contributed by atoms with Gasteiger partial charge in [0.05, 0.1) is 11.3 Å². The lowest BCUT2D eigenvalue weighted by atomic mass is 9.77. The van der Waals surface area contributed by atoms with E-state index >= 15 is 0 Å². The topological polar surface area (TPSA) is 59.2 Å². The van der Waals surface area contributed by atoms with Gasteiger partial charge in [-0.15, -0.1) is 0 Å². The molecule has 1 amide bonds. The lowest BCUT2D eigenvalue weighted by molar-refractivity contribution is -0.138. The standard InChI is InChI=1S/C20H24ClN3O2/c1-14-22-18(26-23-14)15-5-4-12-24(13-15)19(25)20(10-2-3-11-20)16-6-8-17(21)9-7-16/h6-9,15H,2-5,10-13H2,1H3. The summed E-state index contributed by atoms with van der Waals surface area (Å²) in [7, 11) is 0. The number of carbonyl (C=O) groups excluding carboxylic acids is 1. The molecule has 1 saturated heterocycles. The van der Waals surface area contributed by atoms with E-state index in [0.717, 1.165) is 50.6 Å². The molecule has 2 heterocycles. The van der Waals surface area contributed by atoms with Gasteiger partial charge < -0.3 is 9.42 Å². The molecule has 2 fully saturated rings. The van der Waals surface area contributed by atoms with E-state index in [1.165, 1.54) is 0 Å². The maximum Gasteiger partial charge on any atom is 0.233 e. The Hall–Kier alpha value is -1.88. The fourth-order valence-corrected chi connectivity index (χ4v) is 4.64. The number of nitrogens with zero attached hydrogens (tertiary/aromatic N) is 3. The quantitative estimate of drug-likeness (QED) is 0.806. The number of aromatic nitrogens is 2. The van der Waals surface area contributed by atoms with E-state index in [-0.39, 0.29) is 11.8 Å². The molecule has 0 spiro atoms. The molecule has 1 aliphatic heterocycles. The number of halogens is 1. The van der Waals surface area contributed by atoms with Crippen LogP contribution in [0, 0.1) is 6.92 Å². The lowest BCUT2D eigenvalue weighted by Crippen LogP contribution is -2.49. The molecule has 1 atom stereocenters. The average Bonchev–Trinajstić information content (AvgIpc) is 3.32. The molecular weight excluding hydrogens is 350 g/mol. The van der Waals surface area contributed by atoms with Crippen molar-refractivity contribution in [3.05, 3.63) is 46.6 Å². The van der Waals surface area contributed by atoms with E-state index in [0.29, 0.717) is 23.3 Å². The van der Waals surface area contributed by atoms with Crippen molar-refractivity contribution in [3.8, 4) is 0 Å². The van der Waals surface area contributed by atoms with Crippen LogP contribution in [-0.2, 0) is 10.2 Å². The Balaban J connectivity index is 1.58. The lowest BCUT2D eigenvalue weighted by Gasteiger charge is -2.38. The summed E-state index contributed by atoms with van der Waals surface area (Å²) < 4.78 is 5.37. The van der Waals surface area contributed by atoms with Crippen molar-refractivity contribution in [2.24, 2.45) is 0 Å². The molecule has 1 aromatic carbocycles. The maximum absolute atomic E-state index is 13.6. The van der Waals surface area contributed by atoms with E-state index in [2.05, 4.69) is 10.1 Å². The normalized spacial score (nSPS) is 22.5. The number of aryl methyl sites for hydroxylation is 1. The Morgan fingerprint density at radius 2 is 1.96 bits per heavy atom. The predicted octanol–water partition coefficient (Wildman–Crippen LogP) is 4.25. The second-order valence-electron chi connectivity index (χ2n) is 7.57. The third kappa shape index (κ3) is 3.13. The fraction of sp³-hybridized carbons (Fsp3) is 0.550. The zero-order valence-corrected chi connectivity index (χ0v) is 15.8. The number of piperidine rings is 1. The van der Waals surface area contributed by atoms with Crippen LogP contribution < -0.4 is 0 Å². The first-order valence-electron chi connectivity index (χ1n) is 9.44. The van der Waals surface area contributed by atoms with Gasteiger partial charge in [-0.2, -0.15) is 4.98 Å². The maximum atomic E-state index is 13.6. The highest BCUT2D eigenvalue weighted by Gasteiger charge is 2.46. The van der Waals surface area contributed by atoms with Gasteiger partial charge in [0.25, 0.3) is 0 Å². The van der Waals surface area contributed by atoms with Gasteiger partial charge in [-0.3, -0.25) is 4.79 Å². The van der Waals surface area contributed by atoms with Gasteiger partial charge in [0, 0.05) is 18.1 Å². The molecule has 6 heteroatoms. The number of benzene rings is 1. The van der Waals surface area contributed by atoms with Crippen LogP contribution in [-0.4, -0.2) is 34.0 Å². The molecule has 2 aromatic rings. The van der Waals surface area contributed by atoms with Crippen molar-refractivity contribution >= 4 is 17.5 Å². The molecule has 1 aliphatic carbocycles. The van der Waals surface area contributed by atoms with Gasteiger partial charge in [0.2, 0.25) is 11.8 Å². The van der Waals surface area contributed by atoms with Gasteiger partial charge in [0.1, 0.15) is 0 Å². The molecule has 1 saturated carbocycles. The number of hydrogen-bond donors (Lipinski definition) is 0. The van der Waals surface area contributed by atoms with Crippen molar-refractivity contribution in [1.82, 2.24) is 15.0 Å². The number of hydrogen-bond acceptors (Lipinski definition) is 4. The van der Waals surface area contributed by atoms with E-state index < -0.39 is 5.41 Å².